The lowest BCUT2D eigenvalue weighted by Gasteiger charge is -1.95. The van der Waals surface area contributed by atoms with Crippen LogP contribution in [-0.2, 0) is 0 Å². The highest BCUT2D eigenvalue weighted by atomic mass is 14.6. The molecular formula is C17H13N. The molecule has 86 valence electrons. The van der Waals surface area contributed by atoms with Gasteiger partial charge in [-0.2, -0.15) is 0 Å². The first-order valence-electron chi connectivity index (χ1n) is 6.00. The van der Waals surface area contributed by atoms with Crippen molar-refractivity contribution in [3.8, 4) is 11.1 Å². The maximum atomic E-state index is 4.28. The Morgan fingerprint density at radius 3 is 2.50 bits per heavy atom. The molecule has 0 unspecified atom stereocenters. The molecule has 0 radical (unpaired) electrons. The van der Waals surface area contributed by atoms with Gasteiger partial charge in [0, 0.05) is 6.20 Å². The molecule has 3 rings (SSSR count). The number of hydrogen-bond donors (Lipinski definition) is 0. The molecule has 1 heterocycles. The first-order chi connectivity index (χ1) is 8.93. The summed E-state index contributed by atoms with van der Waals surface area (Å²) in [5.41, 5.74) is 4.74. The Hall–Kier alpha value is -2.41. The lowest BCUT2D eigenvalue weighted by atomic mass is 10.1. The molecular weight excluding hydrogens is 218 g/mol. The Labute approximate surface area is 107 Å². The molecule has 0 saturated carbocycles. The van der Waals surface area contributed by atoms with Crippen molar-refractivity contribution in [3.63, 3.8) is 0 Å². The summed E-state index contributed by atoms with van der Waals surface area (Å²) in [6.45, 7) is 0. The summed E-state index contributed by atoms with van der Waals surface area (Å²) in [5, 5.41) is 0. The molecule has 0 fully saturated rings. The number of nitrogens with zero attached hydrogens (tertiary/aromatic N) is 1. The van der Waals surface area contributed by atoms with Crippen molar-refractivity contribution in [2.75, 3.05) is 0 Å². The summed E-state index contributed by atoms with van der Waals surface area (Å²) in [6.07, 6.45) is 5.97. The van der Waals surface area contributed by atoms with Gasteiger partial charge in [0.1, 0.15) is 0 Å². The van der Waals surface area contributed by atoms with E-state index in [0.29, 0.717) is 0 Å². The summed E-state index contributed by atoms with van der Waals surface area (Å²) in [5.74, 6) is 0. The van der Waals surface area contributed by atoms with Crippen molar-refractivity contribution in [2.45, 2.75) is 0 Å². The predicted octanol–water partition coefficient (Wildman–Crippen LogP) is 4.36. The van der Waals surface area contributed by atoms with Gasteiger partial charge in [0.05, 0.1) is 5.69 Å². The molecule has 0 N–H and O–H groups in total. The number of rotatable bonds is 2. The van der Waals surface area contributed by atoms with E-state index in [1.807, 2.05) is 36.5 Å². The molecule has 1 aromatic heterocycles. The first kappa shape index (κ1) is 10.7. The third kappa shape index (κ3) is 2.16. The number of pyridine rings is 1. The van der Waals surface area contributed by atoms with Crippen LogP contribution in [0, 0.1) is 0 Å². The summed E-state index contributed by atoms with van der Waals surface area (Å²) >= 11 is 0. The van der Waals surface area contributed by atoms with E-state index in [1.54, 1.807) is 0 Å². The lowest BCUT2D eigenvalue weighted by Crippen LogP contribution is -1.76. The molecule has 0 saturated heterocycles. The monoisotopic (exact) mass is 231 g/mol. The van der Waals surface area contributed by atoms with Crippen LogP contribution in [0.1, 0.15) is 11.3 Å². The van der Waals surface area contributed by atoms with Crippen LogP contribution in [0.15, 0.2) is 66.9 Å². The highest BCUT2D eigenvalue weighted by Crippen LogP contribution is 2.28. The third-order valence-electron chi connectivity index (χ3n) is 2.95. The van der Waals surface area contributed by atoms with Gasteiger partial charge >= 0.3 is 0 Å². The normalized spacial score (nSPS) is 11.1. The number of fused-ring (bicyclic) bond motifs is 1. The van der Waals surface area contributed by atoms with E-state index >= 15 is 0 Å². The van der Waals surface area contributed by atoms with Crippen molar-refractivity contribution in [3.05, 3.63) is 78.1 Å². The van der Waals surface area contributed by atoms with Crippen LogP contribution in [0.4, 0.5) is 0 Å². The first-order valence-corrected chi connectivity index (χ1v) is 6.00. The molecule has 1 heteroatoms. The zero-order valence-corrected chi connectivity index (χ0v) is 9.95. The van der Waals surface area contributed by atoms with Gasteiger partial charge < -0.3 is 0 Å². The van der Waals surface area contributed by atoms with Gasteiger partial charge in [0.25, 0.3) is 0 Å². The minimum Gasteiger partial charge on any atom is -0.257 e. The number of aromatic nitrogens is 1. The molecule has 0 amide bonds. The minimum absolute atomic E-state index is 0.979. The van der Waals surface area contributed by atoms with Crippen LogP contribution >= 0.6 is 0 Å². The molecule has 18 heavy (non-hydrogen) atoms. The fourth-order valence-electron chi connectivity index (χ4n) is 2.03. The molecule has 0 atom stereocenters. The van der Waals surface area contributed by atoms with Gasteiger partial charge in [-0.1, -0.05) is 54.6 Å². The highest BCUT2D eigenvalue weighted by Gasteiger charge is 2.04. The second-order valence-corrected chi connectivity index (χ2v) is 4.16. The van der Waals surface area contributed by atoms with Gasteiger partial charge in [-0.25, -0.2) is 0 Å². The second-order valence-electron chi connectivity index (χ2n) is 4.16. The maximum absolute atomic E-state index is 4.28. The molecule has 0 spiro atoms. The van der Waals surface area contributed by atoms with E-state index in [-0.39, 0.29) is 0 Å². The summed E-state index contributed by atoms with van der Waals surface area (Å²) < 4.78 is 0. The second kappa shape index (κ2) is 4.84. The van der Waals surface area contributed by atoms with Gasteiger partial charge in [-0.3, -0.25) is 4.98 Å². The molecule has 0 bridgehead atoms. The molecule has 2 aliphatic rings. The smallest absolute Gasteiger partial charge is 0.0629 e. The molecule has 2 aliphatic carbocycles. The zero-order valence-electron chi connectivity index (χ0n) is 9.95. The van der Waals surface area contributed by atoms with Gasteiger partial charge in [0.2, 0.25) is 0 Å². The van der Waals surface area contributed by atoms with Crippen LogP contribution < -0.4 is 0 Å². The largest absolute Gasteiger partial charge is 0.257 e. The van der Waals surface area contributed by atoms with Crippen LogP contribution in [0.5, 0.6) is 0 Å². The van der Waals surface area contributed by atoms with Gasteiger partial charge in [-0.15, -0.1) is 0 Å². The topological polar surface area (TPSA) is 12.9 Å². The predicted molar refractivity (Wildman–Crippen MR) is 76.2 cm³/mol. The van der Waals surface area contributed by atoms with E-state index in [9.17, 15) is 0 Å². The number of hydrogen-bond acceptors (Lipinski definition) is 1. The standard InChI is InChI=1S/C17H13N/c1-2-6-14-9-10-15(17(14)8-3-1)11-12-16-7-4-5-13-18-16/h1-13H. The molecule has 1 nitrogen and oxygen atoms in total. The van der Waals surface area contributed by atoms with Crippen LogP contribution in [0.3, 0.4) is 0 Å². The molecule has 0 aromatic carbocycles. The van der Waals surface area contributed by atoms with Crippen LogP contribution in [0.2, 0.25) is 0 Å². The lowest BCUT2D eigenvalue weighted by molar-refractivity contribution is 1.30. The Morgan fingerprint density at radius 1 is 0.722 bits per heavy atom. The van der Waals surface area contributed by atoms with Crippen LogP contribution in [0.25, 0.3) is 23.3 Å². The molecule has 1 aromatic rings. The fraction of sp³-hybridized carbons (Fsp3) is 0. The fourth-order valence-corrected chi connectivity index (χ4v) is 2.03. The highest BCUT2D eigenvalue weighted by molar-refractivity contribution is 5.82. The minimum atomic E-state index is 0.979. The Balaban J connectivity index is 1.96. The van der Waals surface area contributed by atoms with Crippen LogP contribution in [-0.4, -0.2) is 4.98 Å². The van der Waals surface area contributed by atoms with E-state index in [2.05, 4.69) is 47.5 Å². The van der Waals surface area contributed by atoms with E-state index in [4.69, 9.17) is 0 Å². The van der Waals surface area contributed by atoms with Crippen molar-refractivity contribution in [2.24, 2.45) is 0 Å². The summed E-state index contributed by atoms with van der Waals surface area (Å²) in [6, 6.07) is 20.7. The SMILES string of the molecule is C(=Cc1ccc2cccccc1-2)c1ccccn1. The van der Waals surface area contributed by atoms with Gasteiger partial charge in [0.15, 0.2) is 0 Å². The van der Waals surface area contributed by atoms with Crippen molar-refractivity contribution in [1.82, 2.24) is 4.98 Å². The average molecular weight is 231 g/mol. The average Bonchev–Trinajstić information content (AvgIpc) is 2.65. The zero-order chi connectivity index (χ0) is 12.2. The Kier molecular flexibility index (Phi) is 2.89. The maximum Gasteiger partial charge on any atom is 0.0629 e. The third-order valence-corrected chi connectivity index (χ3v) is 2.95. The Bertz CT molecular complexity index is 641. The Morgan fingerprint density at radius 2 is 1.61 bits per heavy atom. The van der Waals surface area contributed by atoms with Crippen molar-refractivity contribution < 1.29 is 0 Å². The molecule has 0 aliphatic heterocycles. The van der Waals surface area contributed by atoms with E-state index in [1.165, 1.54) is 16.7 Å². The van der Waals surface area contributed by atoms with Crippen molar-refractivity contribution in [1.29, 1.82) is 0 Å². The van der Waals surface area contributed by atoms with E-state index in [0.717, 1.165) is 5.69 Å². The summed E-state index contributed by atoms with van der Waals surface area (Å²) in [7, 11) is 0. The quantitative estimate of drug-likeness (QED) is 0.638. The van der Waals surface area contributed by atoms with Crippen molar-refractivity contribution >= 4 is 12.2 Å². The van der Waals surface area contributed by atoms with Gasteiger partial charge in [-0.05, 0) is 34.9 Å². The summed E-state index contributed by atoms with van der Waals surface area (Å²) in [4.78, 5) is 4.28. The van der Waals surface area contributed by atoms with E-state index < -0.39 is 0 Å².